The van der Waals surface area contributed by atoms with E-state index in [2.05, 4.69) is 5.32 Å². The van der Waals surface area contributed by atoms with Crippen molar-refractivity contribution in [3.63, 3.8) is 0 Å². The largest absolute Gasteiger partial charge is 0.397 e. The van der Waals surface area contributed by atoms with E-state index in [1.807, 2.05) is 26.0 Å². The van der Waals surface area contributed by atoms with Crippen LogP contribution in [0.4, 0.5) is 20.2 Å². The second kappa shape index (κ2) is 5.91. The van der Waals surface area contributed by atoms with Crippen molar-refractivity contribution in [2.24, 2.45) is 0 Å². The molecular formula is C16H16F2N2O. The van der Waals surface area contributed by atoms with E-state index in [1.165, 1.54) is 0 Å². The zero-order valence-corrected chi connectivity index (χ0v) is 11.8. The molecule has 0 aliphatic heterocycles. The normalized spacial score (nSPS) is 10.7. The molecule has 0 atom stereocenters. The van der Waals surface area contributed by atoms with Gasteiger partial charge in [0, 0.05) is 11.6 Å². The SMILES string of the molecule is CC(C)c1ccc(C(=O)Nc2c(N)cc(F)cc2F)cc1. The van der Waals surface area contributed by atoms with E-state index in [9.17, 15) is 13.6 Å². The van der Waals surface area contributed by atoms with Gasteiger partial charge in [-0.3, -0.25) is 4.79 Å². The zero-order chi connectivity index (χ0) is 15.6. The first kappa shape index (κ1) is 15.0. The number of anilines is 2. The van der Waals surface area contributed by atoms with Gasteiger partial charge in [0.1, 0.15) is 11.5 Å². The second-order valence-corrected chi connectivity index (χ2v) is 5.08. The monoisotopic (exact) mass is 290 g/mol. The molecule has 0 heterocycles. The molecular weight excluding hydrogens is 274 g/mol. The van der Waals surface area contributed by atoms with Gasteiger partial charge in [-0.2, -0.15) is 0 Å². The molecule has 0 fully saturated rings. The zero-order valence-electron chi connectivity index (χ0n) is 11.8. The molecule has 0 aliphatic rings. The van der Waals surface area contributed by atoms with Crippen LogP contribution in [0.3, 0.4) is 0 Å². The fourth-order valence-corrected chi connectivity index (χ4v) is 1.93. The Bertz CT molecular complexity index is 643. The summed E-state index contributed by atoms with van der Waals surface area (Å²) in [6.45, 7) is 4.09. The molecule has 21 heavy (non-hydrogen) atoms. The van der Waals surface area contributed by atoms with E-state index in [1.54, 1.807) is 12.1 Å². The smallest absolute Gasteiger partial charge is 0.255 e. The van der Waals surface area contributed by atoms with Crippen LogP contribution in [0.5, 0.6) is 0 Å². The Morgan fingerprint density at radius 2 is 1.76 bits per heavy atom. The van der Waals surface area contributed by atoms with Crippen LogP contribution in [0.25, 0.3) is 0 Å². The summed E-state index contributed by atoms with van der Waals surface area (Å²) >= 11 is 0. The summed E-state index contributed by atoms with van der Waals surface area (Å²) in [5.74, 6) is -1.83. The molecule has 2 rings (SSSR count). The lowest BCUT2D eigenvalue weighted by atomic mass is 10.0. The van der Waals surface area contributed by atoms with Gasteiger partial charge in [-0.1, -0.05) is 26.0 Å². The Kier molecular flexibility index (Phi) is 4.21. The van der Waals surface area contributed by atoms with Crippen molar-refractivity contribution in [2.75, 3.05) is 11.1 Å². The molecule has 0 unspecified atom stereocenters. The number of halogens is 2. The number of nitrogens with two attached hydrogens (primary N) is 1. The molecule has 3 N–H and O–H groups in total. The molecule has 1 amide bonds. The van der Waals surface area contributed by atoms with Crippen LogP contribution in [0.15, 0.2) is 36.4 Å². The summed E-state index contributed by atoms with van der Waals surface area (Å²) in [5.41, 5.74) is 6.62. The second-order valence-electron chi connectivity index (χ2n) is 5.08. The number of carbonyl (C=O) groups is 1. The molecule has 3 nitrogen and oxygen atoms in total. The van der Waals surface area contributed by atoms with Gasteiger partial charge in [0.05, 0.1) is 5.69 Å². The summed E-state index contributed by atoms with van der Waals surface area (Å²) in [6, 6.07) is 8.62. The van der Waals surface area contributed by atoms with Crippen LogP contribution >= 0.6 is 0 Å². The molecule has 0 radical (unpaired) electrons. The Labute approximate surface area is 121 Å². The maximum absolute atomic E-state index is 13.6. The van der Waals surface area contributed by atoms with E-state index in [-0.39, 0.29) is 11.4 Å². The molecule has 0 saturated carbocycles. The summed E-state index contributed by atoms with van der Waals surface area (Å²) < 4.78 is 26.6. The van der Waals surface area contributed by atoms with E-state index < -0.39 is 17.5 Å². The maximum Gasteiger partial charge on any atom is 0.255 e. The van der Waals surface area contributed by atoms with Crippen LogP contribution in [0, 0.1) is 11.6 Å². The van der Waals surface area contributed by atoms with Crippen LogP contribution in [-0.4, -0.2) is 5.91 Å². The first-order chi connectivity index (χ1) is 9.88. The van der Waals surface area contributed by atoms with Crippen LogP contribution in [0.2, 0.25) is 0 Å². The van der Waals surface area contributed by atoms with Crippen LogP contribution < -0.4 is 11.1 Å². The van der Waals surface area contributed by atoms with E-state index >= 15 is 0 Å². The number of hydrogen-bond donors (Lipinski definition) is 2. The molecule has 2 aromatic rings. The number of amides is 1. The molecule has 0 aromatic heterocycles. The van der Waals surface area contributed by atoms with Gasteiger partial charge in [-0.05, 0) is 29.7 Å². The number of hydrogen-bond acceptors (Lipinski definition) is 2. The first-order valence-electron chi connectivity index (χ1n) is 6.54. The van der Waals surface area contributed by atoms with Gasteiger partial charge < -0.3 is 11.1 Å². The fourth-order valence-electron chi connectivity index (χ4n) is 1.93. The lowest BCUT2D eigenvalue weighted by Crippen LogP contribution is -2.14. The van der Waals surface area contributed by atoms with Crippen LogP contribution in [0.1, 0.15) is 35.7 Å². The van der Waals surface area contributed by atoms with Crippen LogP contribution in [-0.2, 0) is 0 Å². The third kappa shape index (κ3) is 3.37. The minimum Gasteiger partial charge on any atom is -0.397 e. The number of rotatable bonds is 3. The van der Waals surface area contributed by atoms with Gasteiger partial charge in [-0.25, -0.2) is 8.78 Å². The number of nitrogens with one attached hydrogen (secondary N) is 1. The molecule has 0 bridgehead atoms. The highest BCUT2D eigenvalue weighted by atomic mass is 19.1. The summed E-state index contributed by atoms with van der Waals surface area (Å²) in [5, 5.41) is 2.37. The Morgan fingerprint density at radius 1 is 1.14 bits per heavy atom. The third-order valence-corrected chi connectivity index (χ3v) is 3.16. The average molecular weight is 290 g/mol. The van der Waals surface area contributed by atoms with E-state index in [4.69, 9.17) is 5.73 Å². The van der Waals surface area contributed by atoms with Gasteiger partial charge in [-0.15, -0.1) is 0 Å². The Hall–Kier alpha value is -2.43. The van der Waals surface area contributed by atoms with Crippen molar-refractivity contribution in [1.29, 1.82) is 0 Å². The topological polar surface area (TPSA) is 55.1 Å². The lowest BCUT2D eigenvalue weighted by Gasteiger charge is -2.10. The molecule has 110 valence electrons. The Morgan fingerprint density at radius 3 is 2.29 bits per heavy atom. The third-order valence-electron chi connectivity index (χ3n) is 3.16. The number of nitrogen functional groups attached to an aromatic ring is 1. The highest BCUT2D eigenvalue weighted by Crippen LogP contribution is 2.24. The van der Waals surface area contributed by atoms with Gasteiger partial charge in [0.25, 0.3) is 5.91 Å². The van der Waals surface area contributed by atoms with Crippen molar-refractivity contribution in [3.05, 3.63) is 59.2 Å². The van der Waals surface area contributed by atoms with E-state index in [0.717, 1.165) is 11.6 Å². The predicted molar refractivity (Wildman–Crippen MR) is 79.3 cm³/mol. The molecule has 0 aliphatic carbocycles. The standard InChI is InChI=1S/C16H16F2N2O/c1-9(2)10-3-5-11(6-4-10)16(21)20-15-13(18)7-12(17)8-14(15)19/h3-9H,19H2,1-2H3,(H,20,21). The summed E-state index contributed by atoms with van der Waals surface area (Å²) in [6.07, 6.45) is 0. The number of carbonyl (C=O) groups excluding carboxylic acids is 1. The average Bonchev–Trinajstić information content (AvgIpc) is 2.42. The highest BCUT2D eigenvalue weighted by Gasteiger charge is 2.14. The van der Waals surface area contributed by atoms with E-state index in [0.29, 0.717) is 17.5 Å². The quantitative estimate of drug-likeness (QED) is 0.842. The summed E-state index contributed by atoms with van der Waals surface area (Å²) in [7, 11) is 0. The fraction of sp³-hybridized carbons (Fsp3) is 0.188. The number of benzene rings is 2. The van der Waals surface area contributed by atoms with Crippen molar-refractivity contribution < 1.29 is 13.6 Å². The van der Waals surface area contributed by atoms with Crippen molar-refractivity contribution in [3.8, 4) is 0 Å². The van der Waals surface area contributed by atoms with Crippen molar-refractivity contribution in [2.45, 2.75) is 19.8 Å². The minimum atomic E-state index is -0.903. The summed E-state index contributed by atoms with van der Waals surface area (Å²) in [4.78, 5) is 12.1. The van der Waals surface area contributed by atoms with Crippen molar-refractivity contribution in [1.82, 2.24) is 0 Å². The molecule has 5 heteroatoms. The first-order valence-corrected chi connectivity index (χ1v) is 6.54. The van der Waals surface area contributed by atoms with Crippen molar-refractivity contribution >= 4 is 17.3 Å². The molecule has 0 saturated heterocycles. The highest BCUT2D eigenvalue weighted by molar-refractivity contribution is 6.05. The Balaban J connectivity index is 2.22. The molecule has 0 spiro atoms. The molecule has 2 aromatic carbocycles. The van der Waals surface area contributed by atoms with Gasteiger partial charge >= 0.3 is 0 Å². The lowest BCUT2D eigenvalue weighted by molar-refractivity contribution is 0.102. The van der Waals surface area contributed by atoms with Gasteiger partial charge in [0.15, 0.2) is 5.82 Å². The van der Waals surface area contributed by atoms with Gasteiger partial charge in [0.2, 0.25) is 0 Å². The maximum atomic E-state index is 13.6. The minimum absolute atomic E-state index is 0.153. The predicted octanol–water partition coefficient (Wildman–Crippen LogP) is 3.92.